The van der Waals surface area contributed by atoms with E-state index in [1.54, 1.807) is 0 Å². The molecular weight excluding hydrogens is 214 g/mol. The molecule has 4 nitrogen and oxygen atoms in total. The van der Waals surface area contributed by atoms with E-state index in [-0.39, 0.29) is 0 Å². The normalized spacial score (nSPS) is 18.2. The largest absolute Gasteiger partial charge is 0.379 e. The molecule has 1 aliphatic heterocycles. The van der Waals surface area contributed by atoms with Crippen LogP contribution < -0.4 is 5.73 Å². The molecule has 0 unspecified atom stereocenters. The van der Waals surface area contributed by atoms with Crippen LogP contribution in [0.25, 0.3) is 0 Å². The quantitative estimate of drug-likeness (QED) is 0.679. The van der Waals surface area contributed by atoms with Crippen molar-refractivity contribution in [3.05, 3.63) is 0 Å². The van der Waals surface area contributed by atoms with Gasteiger partial charge in [0.25, 0.3) is 0 Å². The Kier molecular flexibility index (Phi) is 7.77. The monoisotopic (exact) mass is 243 g/mol. The van der Waals surface area contributed by atoms with Gasteiger partial charge in [-0.05, 0) is 25.4 Å². The van der Waals surface area contributed by atoms with Crippen LogP contribution in [0.4, 0.5) is 0 Å². The van der Waals surface area contributed by atoms with Crippen LogP contribution in [0.15, 0.2) is 0 Å². The number of nitrogens with zero attached hydrogens (tertiary/aromatic N) is 2. The van der Waals surface area contributed by atoms with Crippen LogP contribution in [0.5, 0.6) is 0 Å². The van der Waals surface area contributed by atoms with Gasteiger partial charge in [-0.2, -0.15) is 0 Å². The van der Waals surface area contributed by atoms with Crippen LogP contribution in [0.2, 0.25) is 0 Å². The summed E-state index contributed by atoms with van der Waals surface area (Å²) in [6.45, 7) is 14.0. The second-order valence-electron chi connectivity index (χ2n) is 5.29. The molecule has 17 heavy (non-hydrogen) atoms. The summed E-state index contributed by atoms with van der Waals surface area (Å²) in [5.41, 5.74) is 5.59. The third-order valence-electron chi connectivity index (χ3n) is 3.14. The maximum absolute atomic E-state index is 5.59. The summed E-state index contributed by atoms with van der Waals surface area (Å²) < 4.78 is 5.36. The maximum atomic E-state index is 5.59. The number of ether oxygens (including phenoxy) is 1. The summed E-state index contributed by atoms with van der Waals surface area (Å²) in [6, 6.07) is 0. The Morgan fingerprint density at radius 1 is 1.24 bits per heavy atom. The van der Waals surface area contributed by atoms with Crippen molar-refractivity contribution in [2.24, 2.45) is 11.7 Å². The summed E-state index contributed by atoms with van der Waals surface area (Å²) in [5, 5.41) is 0. The molecule has 2 N–H and O–H groups in total. The highest BCUT2D eigenvalue weighted by Crippen LogP contribution is 2.02. The highest BCUT2D eigenvalue weighted by atomic mass is 16.5. The van der Waals surface area contributed by atoms with Crippen molar-refractivity contribution in [3.8, 4) is 0 Å². The van der Waals surface area contributed by atoms with E-state index >= 15 is 0 Å². The Hall–Kier alpha value is -0.160. The third-order valence-corrected chi connectivity index (χ3v) is 3.14. The fraction of sp³-hybridized carbons (Fsp3) is 1.00. The Balaban J connectivity index is 2.21. The molecule has 102 valence electrons. The number of hydrogen-bond acceptors (Lipinski definition) is 4. The number of morpholine rings is 1. The van der Waals surface area contributed by atoms with Gasteiger partial charge >= 0.3 is 0 Å². The zero-order chi connectivity index (χ0) is 12.5. The van der Waals surface area contributed by atoms with Crippen molar-refractivity contribution in [1.82, 2.24) is 9.80 Å². The Morgan fingerprint density at radius 2 is 1.94 bits per heavy atom. The first-order valence-corrected chi connectivity index (χ1v) is 6.95. The highest BCUT2D eigenvalue weighted by Gasteiger charge is 2.12. The fourth-order valence-corrected chi connectivity index (χ4v) is 2.23. The molecule has 1 aliphatic rings. The van der Waals surface area contributed by atoms with E-state index in [0.717, 1.165) is 58.3 Å². The van der Waals surface area contributed by atoms with Crippen molar-refractivity contribution in [1.29, 1.82) is 0 Å². The average Bonchev–Trinajstić information content (AvgIpc) is 2.33. The second-order valence-corrected chi connectivity index (χ2v) is 5.29. The summed E-state index contributed by atoms with van der Waals surface area (Å²) >= 11 is 0. The first-order valence-electron chi connectivity index (χ1n) is 6.95. The van der Waals surface area contributed by atoms with Gasteiger partial charge < -0.3 is 15.4 Å². The van der Waals surface area contributed by atoms with Gasteiger partial charge in [0.15, 0.2) is 0 Å². The topological polar surface area (TPSA) is 41.7 Å². The lowest BCUT2D eigenvalue weighted by Gasteiger charge is -2.30. The first kappa shape index (κ1) is 14.9. The smallest absolute Gasteiger partial charge is 0.0594 e. The lowest BCUT2D eigenvalue weighted by Crippen LogP contribution is -2.42. The standard InChI is InChI=1S/C13H29N3O/c1-13(2)12-16(5-3-4-14)7-6-15-8-10-17-11-9-15/h13H,3-12,14H2,1-2H3. The molecule has 0 atom stereocenters. The van der Waals surface area contributed by atoms with Crippen LogP contribution in [0.3, 0.4) is 0 Å². The van der Waals surface area contributed by atoms with Gasteiger partial charge in [-0.3, -0.25) is 4.90 Å². The predicted molar refractivity (Wildman–Crippen MR) is 72.2 cm³/mol. The number of nitrogens with two attached hydrogens (primary N) is 1. The van der Waals surface area contributed by atoms with Crippen LogP contribution in [0.1, 0.15) is 20.3 Å². The molecular formula is C13H29N3O. The van der Waals surface area contributed by atoms with Gasteiger partial charge in [0, 0.05) is 32.7 Å². The van der Waals surface area contributed by atoms with E-state index in [1.165, 1.54) is 13.1 Å². The second kappa shape index (κ2) is 8.86. The van der Waals surface area contributed by atoms with Gasteiger partial charge in [0.05, 0.1) is 13.2 Å². The molecule has 0 aromatic carbocycles. The molecule has 0 aliphatic carbocycles. The average molecular weight is 243 g/mol. The van der Waals surface area contributed by atoms with Gasteiger partial charge in [0.1, 0.15) is 0 Å². The minimum absolute atomic E-state index is 0.734. The summed E-state index contributed by atoms with van der Waals surface area (Å²) in [5.74, 6) is 0.734. The molecule has 1 saturated heterocycles. The van der Waals surface area contributed by atoms with Crippen LogP contribution >= 0.6 is 0 Å². The Labute approximate surface area is 106 Å². The van der Waals surface area contributed by atoms with Crippen molar-refractivity contribution in [2.75, 3.05) is 59.0 Å². The van der Waals surface area contributed by atoms with Crippen molar-refractivity contribution in [2.45, 2.75) is 20.3 Å². The molecule has 0 aromatic heterocycles. The van der Waals surface area contributed by atoms with Gasteiger partial charge in [-0.15, -0.1) is 0 Å². The van der Waals surface area contributed by atoms with Crippen molar-refractivity contribution >= 4 is 0 Å². The molecule has 4 heteroatoms. The summed E-state index contributed by atoms with van der Waals surface area (Å²) in [4.78, 5) is 5.05. The maximum Gasteiger partial charge on any atom is 0.0594 e. The van der Waals surface area contributed by atoms with E-state index in [0.29, 0.717) is 0 Å². The molecule has 0 saturated carbocycles. The molecule has 0 spiro atoms. The Morgan fingerprint density at radius 3 is 2.53 bits per heavy atom. The van der Waals surface area contributed by atoms with Crippen LogP contribution in [-0.4, -0.2) is 68.8 Å². The summed E-state index contributed by atoms with van der Waals surface area (Å²) in [7, 11) is 0. The SMILES string of the molecule is CC(C)CN(CCCN)CCN1CCOCC1. The van der Waals surface area contributed by atoms with E-state index in [9.17, 15) is 0 Å². The van der Waals surface area contributed by atoms with Crippen molar-refractivity contribution in [3.63, 3.8) is 0 Å². The minimum Gasteiger partial charge on any atom is -0.379 e. The number of hydrogen-bond donors (Lipinski definition) is 1. The Bertz CT molecular complexity index is 182. The van der Waals surface area contributed by atoms with Crippen LogP contribution in [0, 0.1) is 5.92 Å². The van der Waals surface area contributed by atoms with Crippen LogP contribution in [-0.2, 0) is 4.74 Å². The lowest BCUT2D eigenvalue weighted by atomic mass is 10.2. The first-order chi connectivity index (χ1) is 8.22. The molecule has 0 aromatic rings. The van der Waals surface area contributed by atoms with E-state index in [2.05, 4.69) is 23.6 Å². The van der Waals surface area contributed by atoms with Gasteiger partial charge in [0.2, 0.25) is 0 Å². The summed E-state index contributed by atoms with van der Waals surface area (Å²) in [6.07, 6.45) is 1.11. The van der Waals surface area contributed by atoms with E-state index < -0.39 is 0 Å². The molecule has 0 amide bonds. The molecule has 0 bridgehead atoms. The fourth-order valence-electron chi connectivity index (χ4n) is 2.23. The van der Waals surface area contributed by atoms with E-state index in [4.69, 9.17) is 10.5 Å². The molecule has 0 radical (unpaired) electrons. The predicted octanol–water partition coefficient (Wildman–Crippen LogP) is 0.625. The minimum atomic E-state index is 0.734. The highest BCUT2D eigenvalue weighted by molar-refractivity contribution is 4.67. The van der Waals surface area contributed by atoms with E-state index in [1.807, 2.05) is 0 Å². The molecule has 1 rings (SSSR count). The zero-order valence-electron chi connectivity index (χ0n) is 11.5. The lowest BCUT2D eigenvalue weighted by molar-refractivity contribution is 0.0327. The van der Waals surface area contributed by atoms with Gasteiger partial charge in [-0.1, -0.05) is 13.8 Å². The zero-order valence-corrected chi connectivity index (χ0v) is 11.5. The molecule has 1 fully saturated rings. The van der Waals surface area contributed by atoms with Gasteiger partial charge in [-0.25, -0.2) is 0 Å². The molecule has 1 heterocycles. The number of rotatable bonds is 8. The third kappa shape index (κ3) is 6.99. The van der Waals surface area contributed by atoms with Crippen molar-refractivity contribution < 1.29 is 4.74 Å².